The monoisotopic (exact) mass is 265 g/mol. The number of nitrogens with one attached hydrogen (secondary N) is 1. The summed E-state index contributed by atoms with van der Waals surface area (Å²) < 4.78 is 4.91. The van der Waals surface area contributed by atoms with E-state index in [0.29, 0.717) is 0 Å². The largest absolute Gasteiger partial charge is 0.433 e. The molecule has 0 saturated carbocycles. The second-order valence-corrected chi connectivity index (χ2v) is 4.29. The van der Waals surface area contributed by atoms with Crippen molar-refractivity contribution in [2.24, 2.45) is 0 Å². The van der Waals surface area contributed by atoms with Crippen LogP contribution in [0.2, 0.25) is 0 Å². The first kappa shape index (κ1) is 13.3. The van der Waals surface area contributed by atoms with Crippen LogP contribution in [0.1, 0.15) is 25.0 Å². The maximum atomic E-state index is 11.6. The minimum atomic E-state index is -0.620. The van der Waals surface area contributed by atoms with Crippen molar-refractivity contribution in [1.29, 1.82) is 0 Å². The number of nitro groups is 1. The van der Waals surface area contributed by atoms with Crippen LogP contribution < -0.4 is 5.43 Å². The molecule has 0 radical (unpaired) electrons. The van der Waals surface area contributed by atoms with Crippen LogP contribution in [0.4, 0.5) is 5.88 Å². The minimum absolute atomic E-state index is 0.263. The standard InChI is InChI=1S/C12H15N3O4/c16-11(13-14-8-2-1-3-9-14)6-4-10-5-7-12(19-10)15(17)18/h4-7H,1-3,8-9H2,(H,13,16)/b6-4+. The molecule has 1 aromatic rings. The van der Waals surface area contributed by atoms with Gasteiger partial charge in [0.15, 0.2) is 0 Å². The highest BCUT2D eigenvalue weighted by Gasteiger charge is 2.12. The molecule has 1 aliphatic rings. The number of hydrogen-bond acceptors (Lipinski definition) is 5. The lowest BCUT2D eigenvalue weighted by atomic mass is 10.2. The van der Waals surface area contributed by atoms with Gasteiger partial charge in [-0.25, -0.2) is 5.01 Å². The summed E-state index contributed by atoms with van der Waals surface area (Å²) in [6.45, 7) is 1.71. The first-order chi connectivity index (χ1) is 9.15. The van der Waals surface area contributed by atoms with Gasteiger partial charge in [-0.15, -0.1) is 0 Å². The number of nitrogens with zero attached hydrogens (tertiary/aromatic N) is 2. The molecule has 102 valence electrons. The Balaban J connectivity index is 1.86. The van der Waals surface area contributed by atoms with Crippen molar-refractivity contribution in [3.8, 4) is 0 Å². The highest BCUT2D eigenvalue weighted by atomic mass is 16.6. The van der Waals surface area contributed by atoms with E-state index in [-0.39, 0.29) is 17.6 Å². The third-order valence-corrected chi connectivity index (χ3v) is 2.82. The summed E-state index contributed by atoms with van der Waals surface area (Å²) in [5.41, 5.74) is 2.75. The molecule has 7 heteroatoms. The molecule has 0 aromatic carbocycles. The van der Waals surface area contributed by atoms with Gasteiger partial charge >= 0.3 is 5.88 Å². The summed E-state index contributed by atoms with van der Waals surface area (Å²) in [4.78, 5) is 21.4. The second kappa shape index (κ2) is 6.14. The Morgan fingerprint density at radius 2 is 2.11 bits per heavy atom. The molecule has 1 amide bonds. The van der Waals surface area contributed by atoms with Crippen molar-refractivity contribution in [3.63, 3.8) is 0 Å². The predicted molar refractivity (Wildman–Crippen MR) is 68.0 cm³/mol. The molecule has 2 heterocycles. The molecule has 1 fully saturated rings. The SMILES string of the molecule is O=C(/C=C/c1ccc([N+](=O)[O-])o1)NN1CCCCC1. The highest BCUT2D eigenvalue weighted by Crippen LogP contribution is 2.16. The smallest absolute Gasteiger partial charge is 0.401 e. The number of hydrazine groups is 1. The Hall–Kier alpha value is -2.15. The molecule has 0 aliphatic carbocycles. The molecule has 1 saturated heterocycles. The van der Waals surface area contributed by atoms with Gasteiger partial charge in [-0.1, -0.05) is 6.42 Å². The summed E-state index contributed by atoms with van der Waals surface area (Å²) in [7, 11) is 0. The average Bonchev–Trinajstić information content (AvgIpc) is 2.86. The van der Waals surface area contributed by atoms with Gasteiger partial charge in [0.05, 0.1) is 6.07 Å². The van der Waals surface area contributed by atoms with Crippen molar-refractivity contribution < 1.29 is 14.1 Å². The van der Waals surface area contributed by atoms with Crippen molar-refractivity contribution in [2.45, 2.75) is 19.3 Å². The van der Waals surface area contributed by atoms with Crippen LogP contribution in [0.3, 0.4) is 0 Å². The van der Waals surface area contributed by atoms with Gasteiger partial charge in [0.2, 0.25) is 0 Å². The molecule has 0 unspecified atom stereocenters. The molecular weight excluding hydrogens is 250 g/mol. The van der Waals surface area contributed by atoms with Crippen molar-refractivity contribution in [2.75, 3.05) is 13.1 Å². The zero-order valence-corrected chi connectivity index (χ0v) is 10.4. The van der Waals surface area contributed by atoms with E-state index >= 15 is 0 Å². The van der Waals surface area contributed by atoms with Gasteiger partial charge in [-0.3, -0.25) is 20.3 Å². The van der Waals surface area contributed by atoms with Gasteiger partial charge in [-0.2, -0.15) is 0 Å². The second-order valence-electron chi connectivity index (χ2n) is 4.29. The summed E-state index contributed by atoms with van der Waals surface area (Å²) in [5.74, 6) is -0.322. The number of hydrogen-bond donors (Lipinski definition) is 1. The van der Waals surface area contributed by atoms with E-state index in [9.17, 15) is 14.9 Å². The third kappa shape index (κ3) is 3.92. The van der Waals surface area contributed by atoms with Crippen molar-refractivity contribution in [1.82, 2.24) is 10.4 Å². The number of carbonyl (C=O) groups is 1. The zero-order valence-electron chi connectivity index (χ0n) is 10.4. The summed E-state index contributed by atoms with van der Waals surface area (Å²) >= 11 is 0. The summed E-state index contributed by atoms with van der Waals surface area (Å²) in [6, 6.07) is 2.70. The van der Waals surface area contributed by atoms with E-state index in [1.165, 1.54) is 30.7 Å². The number of piperidine rings is 1. The van der Waals surface area contributed by atoms with Gasteiger partial charge in [-0.05, 0) is 25.0 Å². The van der Waals surface area contributed by atoms with Crippen LogP contribution in [0, 0.1) is 10.1 Å². The fourth-order valence-electron chi connectivity index (χ4n) is 1.89. The highest BCUT2D eigenvalue weighted by molar-refractivity contribution is 5.91. The molecule has 1 N–H and O–H groups in total. The Kier molecular flexibility index (Phi) is 4.30. The fraction of sp³-hybridized carbons (Fsp3) is 0.417. The van der Waals surface area contributed by atoms with E-state index in [0.717, 1.165) is 25.9 Å². The molecule has 1 aromatic heterocycles. The molecule has 19 heavy (non-hydrogen) atoms. The summed E-state index contributed by atoms with van der Waals surface area (Å²) in [5, 5.41) is 12.3. The van der Waals surface area contributed by atoms with Gasteiger partial charge in [0, 0.05) is 19.2 Å². The maximum Gasteiger partial charge on any atom is 0.433 e. The fourth-order valence-corrected chi connectivity index (χ4v) is 1.89. The van der Waals surface area contributed by atoms with Gasteiger partial charge < -0.3 is 4.42 Å². The van der Waals surface area contributed by atoms with Crippen molar-refractivity contribution in [3.05, 3.63) is 34.1 Å². The third-order valence-electron chi connectivity index (χ3n) is 2.82. The molecule has 7 nitrogen and oxygen atoms in total. The van der Waals surface area contributed by atoms with Crippen LogP contribution in [-0.4, -0.2) is 28.9 Å². The van der Waals surface area contributed by atoms with E-state index in [1.807, 2.05) is 5.01 Å². The lowest BCUT2D eigenvalue weighted by molar-refractivity contribution is -0.402. The van der Waals surface area contributed by atoms with E-state index < -0.39 is 4.92 Å². The minimum Gasteiger partial charge on any atom is -0.401 e. The van der Waals surface area contributed by atoms with Crippen molar-refractivity contribution >= 4 is 17.9 Å². The maximum absolute atomic E-state index is 11.6. The number of carbonyl (C=O) groups excluding carboxylic acids is 1. The Bertz CT molecular complexity index is 489. The molecule has 0 atom stereocenters. The van der Waals surface area contributed by atoms with Crippen LogP contribution in [0.15, 0.2) is 22.6 Å². The first-order valence-electron chi connectivity index (χ1n) is 6.13. The number of amides is 1. The molecule has 0 spiro atoms. The van der Waals surface area contributed by atoms with Crippen LogP contribution >= 0.6 is 0 Å². The summed E-state index contributed by atoms with van der Waals surface area (Å²) in [6.07, 6.45) is 6.06. The van der Waals surface area contributed by atoms with Gasteiger partial charge in [0.25, 0.3) is 5.91 Å². The quantitative estimate of drug-likeness (QED) is 0.508. The van der Waals surface area contributed by atoms with Crippen LogP contribution in [-0.2, 0) is 4.79 Å². The van der Waals surface area contributed by atoms with E-state index in [4.69, 9.17) is 4.42 Å². The van der Waals surface area contributed by atoms with Crippen LogP contribution in [0.25, 0.3) is 6.08 Å². The van der Waals surface area contributed by atoms with E-state index in [2.05, 4.69) is 5.43 Å². The lowest BCUT2D eigenvalue weighted by Gasteiger charge is -2.26. The van der Waals surface area contributed by atoms with E-state index in [1.54, 1.807) is 0 Å². The molecular formula is C12H15N3O4. The normalized spacial score (nSPS) is 16.6. The Morgan fingerprint density at radius 1 is 1.37 bits per heavy atom. The predicted octanol–water partition coefficient (Wildman–Crippen LogP) is 1.72. The topological polar surface area (TPSA) is 88.6 Å². The molecule has 1 aliphatic heterocycles. The average molecular weight is 265 g/mol. The first-order valence-corrected chi connectivity index (χ1v) is 6.13. The van der Waals surface area contributed by atoms with Gasteiger partial charge in [0.1, 0.15) is 10.7 Å². The molecule has 2 rings (SSSR count). The molecule has 0 bridgehead atoms. The lowest BCUT2D eigenvalue weighted by Crippen LogP contribution is -2.44. The van der Waals surface area contributed by atoms with Crippen LogP contribution in [0.5, 0.6) is 0 Å². The Morgan fingerprint density at radius 3 is 2.74 bits per heavy atom. The number of rotatable bonds is 4. The Labute approximate surface area is 110 Å². The zero-order chi connectivity index (χ0) is 13.7. The number of furan rings is 1.